The van der Waals surface area contributed by atoms with Crippen molar-refractivity contribution in [2.45, 2.75) is 39.7 Å². The fraction of sp³-hybridized carbons (Fsp3) is 0.625. The molecule has 0 saturated carbocycles. The van der Waals surface area contributed by atoms with Crippen molar-refractivity contribution in [3.63, 3.8) is 0 Å². The van der Waals surface area contributed by atoms with Crippen LogP contribution >= 0.6 is 0 Å². The second kappa shape index (κ2) is 5.31. The topological polar surface area (TPSA) is 15.3 Å². The van der Waals surface area contributed by atoms with Crippen LogP contribution in [0.25, 0.3) is 0 Å². The lowest BCUT2D eigenvalue weighted by molar-refractivity contribution is 0.215. The third-order valence-corrected chi connectivity index (χ3v) is 4.30. The van der Waals surface area contributed by atoms with Gasteiger partial charge in [-0.25, -0.2) is 0 Å². The van der Waals surface area contributed by atoms with E-state index in [0.717, 1.165) is 19.5 Å². The third kappa shape index (κ3) is 2.69. The monoisotopic (exact) mass is 246 g/mol. The van der Waals surface area contributed by atoms with Gasteiger partial charge in [0.2, 0.25) is 0 Å². The Kier molecular flexibility index (Phi) is 3.96. The number of nitrogens with zero attached hydrogens (tertiary/aromatic N) is 1. The minimum absolute atomic E-state index is 0.330. The van der Waals surface area contributed by atoms with Gasteiger partial charge >= 0.3 is 0 Å². The molecule has 1 aromatic carbocycles. The minimum Gasteiger partial charge on any atom is -0.371 e. The maximum Gasteiger partial charge on any atom is 0.0366 e. The zero-order valence-electron chi connectivity index (χ0n) is 12.2. The van der Waals surface area contributed by atoms with Crippen LogP contribution in [0.4, 0.5) is 5.69 Å². The predicted molar refractivity (Wildman–Crippen MR) is 79.3 cm³/mol. The first-order valence-corrected chi connectivity index (χ1v) is 7.07. The standard InChI is InChI=1S/C16H26N2/c1-5-13-6-8-14(9-7-13)18(4)15-10-11-17-12-16(15,2)3/h6-9,15,17H,5,10-12H2,1-4H3. The Labute approximate surface area is 111 Å². The van der Waals surface area contributed by atoms with E-state index in [9.17, 15) is 0 Å². The van der Waals surface area contributed by atoms with E-state index in [1.54, 1.807) is 0 Å². The summed E-state index contributed by atoms with van der Waals surface area (Å²) in [4.78, 5) is 2.46. The van der Waals surface area contributed by atoms with E-state index in [-0.39, 0.29) is 0 Å². The number of anilines is 1. The molecule has 1 unspecified atom stereocenters. The molecule has 0 bridgehead atoms. The quantitative estimate of drug-likeness (QED) is 0.881. The summed E-state index contributed by atoms with van der Waals surface area (Å²) in [5, 5.41) is 3.50. The van der Waals surface area contributed by atoms with E-state index in [4.69, 9.17) is 0 Å². The summed E-state index contributed by atoms with van der Waals surface area (Å²) in [5.74, 6) is 0. The van der Waals surface area contributed by atoms with Gasteiger partial charge in [0.1, 0.15) is 0 Å². The van der Waals surface area contributed by atoms with Gasteiger partial charge in [0.25, 0.3) is 0 Å². The number of hydrogen-bond acceptors (Lipinski definition) is 2. The van der Waals surface area contributed by atoms with E-state index in [1.165, 1.54) is 17.7 Å². The van der Waals surface area contributed by atoms with Crippen LogP contribution in [0.5, 0.6) is 0 Å². The molecule has 1 heterocycles. The maximum absolute atomic E-state index is 3.50. The fourth-order valence-corrected chi connectivity index (χ4v) is 3.02. The molecule has 1 N–H and O–H groups in total. The Morgan fingerprint density at radius 3 is 2.50 bits per heavy atom. The van der Waals surface area contributed by atoms with Crippen LogP contribution in [-0.4, -0.2) is 26.2 Å². The SMILES string of the molecule is CCc1ccc(N(C)C2CCNCC2(C)C)cc1. The van der Waals surface area contributed by atoms with Gasteiger partial charge in [0.15, 0.2) is 0 Å². The highest BCUT2D eigenvalue weighted by Crippen LogP contribution is 2.32. The van der Waals surface area contributed by atoms with Crippen LogP contribution < -0.4 is 10.2 Å². The van der Waals surface area contributed by atoms with E-state index in [0.29, 0.717) is 11.5 Å². The zero-order valence-corrected chi connectivity index (χ0v) is 12.2. The fourth-order valence-electron chi connectivity index (χ4n) is 3.02. The highest BCUT2D eigenvalue weighted by Gasteiger charge is 2.34. The first-order valence-electron chi connectivity index (χ1n) is 7.07. The van der Waals surface area contributed by atoms with Gasteiger partial charge in [-0.2, -0.15) is 0 Å². The summed E-state index contributed by atoms with van der Waals surface area (Å²) in [6, 6.07) is 9.64. The molecular formula is C16H26N2. The lowest BCUT2D eigenvalue weighted by Gasteiger charge is -2.45. The lowest BCUT2D eigenvalue weighted by atomic mass is 9.79. The number of piperidine rings is 1. The molecule has 2 heteroatoms. The Bertz CT molecular complexity index is 381. The van der Waals surface area contributed by atoms with Gasteiger partial charge in [0.05, 0.1) is 0 Å². The van der Waals surface area contributed by atoms with Gasteiger partial charge in [-0.3, -0.25) is 0 Å². The molecule has 2 rings (SSSR count). The number of aryl methyl sites for hydroxylation is 1. The van der Waals surface area contributed by atoms with Crippen LogP contribution in [0, 0.1) is 5.41 Å². The molecule has 1 aliphatic rings. The zero-order chi connectivity index (χ0) is 13.2. The summed E-state index contributed by atoms with van der Waals surface area (Å²) >= 11 is 0. The Balaban J connectivity index is 2.16. The van der Waals surface area contributed by atoms with E-state index in [2.05, 4.69) is 62.3 Å². The first kappa shape index (κ1) is 13.4. The van der Waals surface area contributed by atoms with Gasteiger partial charge in [-0.05, 0) is 42.5 Å². The van der Waals surface area contributed by atoms with Crippen molar-refractivity contribution in [2.24, 2.45) is 5.41 Å². The summed E-state index contributed by atoms with van der Waals surface area (Å²) in [6.07, 6.45) is 2.34. The molecule has 0 radical (unpaired) electrons. The highest BCUT2D eigenvalue weighted by molar-refractivity contribution is 5.48. The molecule has 1 atom stereocenters. The molecule has 0 spiro atoms. The molecular weight excluding hydrogens is 220 g/mol. The van der Waals surface area contributed by atoms with Crippen LogP contribution in [0.2, 0.25) is 0 Å². The van der Waals surface area contributed by atoms with Crippen LogP contribution in [-0.2, 0) is 6.42 Å². The van der Waals surface area contributed by atoms with E-state index in [1.807, 2.05) is 0 Å². The van der Waals surface area contributed by atoms with Gasteiger partial charge in [-0.15, -0.1) is 0 Å². The minimum atomic E-state index is 0.330. The normalized spacial score (nSPS) is 22.8. The van der Waals surface area contributed by atoms with Crippen molar-refractivity contribution in [3.05, 3.63) is 29.8 Å². The summed E-state index contributed by atoms with van der Waals surface area (Å²) in [6.45, 7) is 9.16. The molecule has 0 amide bonds. The van der Waals surface area contributed by atoms with Gasteiger partial charge < -0.3 is 10.2 Å². The molecule has 18 heavy (non-hydrogen) atoms. The Morgan fingerprint density at radius 2 is 1.94 bits per heavy atom. The van der Waals surface area contributed by atoms with Crippen LogP contribution in [0.3, 0.4) is 0 Å². The number of benzene rings is 1. The van der Waals surface area contributed by atoms with Crippen LogP contribution in [0.15, 0.2) is 24.3 Å². The molecule has 1 fully saturated rings. The molecule has 0 aliphatic carbocycles. The highest BCUT2D eigenvalue weighted by atomic mass is 15.2. The van der Waals surface area contributed by atoms with Crippen LogP contribution in [0.1, 0.15) is 32.8 Å². The van der Waals surface area contributed by atoms with Crippen molar-refractivity contribution < 1.29 is 0 Å². The smallest absolute Gasteiger partial charge is 0.0366 e. The van der Waals surface area contributed by atoms with Gasteiger partial charge in [-0.1, -0.05) is 32.9 Å². The Hall–Kier alpha value is -1.02. The average Bonchev–Trinajstić information content (AvgIpc) is 2.37. The number of rotatable bonds is 3. The predicted octanol–water partition coefficient (Wildman–Crippen LogP) is 3.07. The first-order chi connectivity index (χ1) is 8.54. The summed E-state index contributed by atoms with van der Waals surface area (Å²) < 4.78 is 0. The van der Waals surface area contributed by atoms with E-state index < -0.39 is 0 Å². The maximum atomic E-state index is 3.50. The van der Waals surface area contributed by atoms with Crippen molar-refractivity contribution >= 4 is 5.69 Å². The van der Waals surface area contributed by atoms with Crippen molar-refractivity contribution in [1.29, 1.82) is 0 Å². The Morgan fingerprint density at radius 1 is 1.28 bits per heavy atom. The number of hydrogen-bond donors (Lipinski definition) is 1. The molecule has 1 saturated heterocycles. The van der Waals surface area contributed by atoms with Gasteiger partial charge in [0, 0.05) is 25.3 Å². The average molecular weight is 246 g/mol. The second-order valence-corrected chi connectivity index (χ2v) is 6.10. The van der Waals surface area contributed by atoms with Crippen molar-refractivity contribution in [3.8, 4) is 0 Å². The molecule has 1 aromatic rings. The summed E-state index contributed by atoms with van der Waals surface area (Å²) in [5.41, 5.74) is 3.08. The molecule has 2 nitrogen and oxygen atoms in total. The lowest BCUT2D eigenvalue weighted by Crippen LogP contribution is -2.53. The largest absolute Gasteiger partial charge is 0.371 e. The third-order valence-electron chi connectivity index (χ3n) is 4.30. The molecule has 1 aliphatic heterocycles. The second-order valence-electron chi connectivity index (χ2n) is 6.10. The molecule has 0 aromatic heterocycles. The van der Waals surface area contributed by atoms with E-state index >= 15 is 0 Å². The van der Waals surface area contributed by atoms with Crippen molar-refractivity contribution in [1.82, 2.24) is 5.32 Å². The molecule has 100 valence electrons. The van der Waals surface area contributed by atoms with Crippen molar-refractivity contribution in [2.75, 3.05) is 25.0 Å². The number of nitrogens with one attached hydrogen (secondary N) is 1. The summed E-state index contributed by atoms with van der Waals surface area (Å²) in [7, 11) is 2.23.